The van der Waals surface area contributed by atoms with Crippen molar-refractivity contribution in [1.82, 2.24) is 4.57 Å². The van der Waals surface area contributed by atoms with Gasteiger partial charge in [-0.1, -0.05) is 42.5 Å². The van der Waals surface area contributed by atoms with Crippen molar-refractivity contribution < 1.29 is 23.8 Å². The van der Waals surface area contributed by atoms with Gasteiger partial charge in [0, 0.05) is 30.6 Å². The number of hydrogen-bond donors (Lipinski definition) is 0. The van der Waals surface area contributed by atoms with Crippen LogP contribution in [0.15, 0.2) is 60.7 Å². The van der Waals surface area contributed by atoms with Crippen LogP contribution in [0.2, 0.25) is 0 Å². The second-order valence-corrected chi connectivity index (χ2v) is 7.19. The fourth-order valence-corrected chi connectivity index (χ4v) is 3.39. The molecule has 0 atom stereocenters. The summed E-state index contributed by atoms with van der Waals surface area (Å²) < 4.78 is 17.7. The number of methoxy groups -OCH3 is 1. The van der Waals surface area contributed by atoms with Crippen molar-refractivity contribution in [2.75, 3.05) is 26.9 Å². The molecule has 0 spiro atoms. The molecule has 0 unspecified atom stereocenters. The number of Topliss-reactive ketones (excluding diaryl/α,β-unsaturated/α-hetero) is 1. The predicted octanol–water partition coefficient (Wildman–Crippen LogP) is 4.22. The number of benzene rings is 2. The van der Waals surface area contributed by atoms with Crippen molar-refractivity contribution in [2.24, 2.45) is 0 Å². The van der Waals surface area contributed by atoms with Gasteiger partial charge in [-0.15, -0.1) is 0 Å². The molecule has 1 heterocycles. The molecule has 0 saturated carbocycles. The third-order valence-corrected chi connectivity index (χ3v) is 5.08. The van der Waals surface area contributed by atoms with Crippen LogP contribution in [0.5, 0.6) is 5.75 Å². The molecule has 31 heavy (non-hydrogen) atoms. The van der Waals surface area contributed by atoms with E-state index < -0.39 is 5.97 Å². The zero-order chi connectivity index (χ0) is 22.2. The average molecular weight is 421 g/mol. The maximum Gasteiger partial charge on any atom is 0.344 e. The zero-order valence-corrected chi connectivity index (χ0v) is 18.1. The van der Waals surface area contributed by atoms with E-state index in [0.717, 1.165) is 22.5 Å². The van der Waals surface area contributed by atoms with E-state index in [2.05, 4.69) is 0 Å². The van der Waals surface area contributed by atoms with E-state index in [0.29, 0.717) is 24.5 Å². The van der Waals surface area contributed by atoms with Crippen molar-refractivity contribution in [2.45, 2.75) is 20.4 Å². The quantitative estimate of drug-likeness (QED) is 0.362. The number of esters is 1. The van der Waals surface area contributed by atoms with Crippen molar-refractivity contribution in [3.63, 3.8) is 0 Å². The largest absolute Gasteiger partial charge is 0.482 e. The van der Waals surface area contributed by atoms with E-state index in [1.165, 1.54) is 0 Å². The lowest BCUT2D eigenvalue weighted by Gasteiger charge is -2.09. The Morgan fingerprint density at radius 1 is 0.903 bits per heavy atom. The molecule has 0 saturated heterocycles. The molecule has 162 valence electrons. The fraction of sp³-hybridized carbons (Fsp3) is 0.280. The lowest BCUT2D eigenvalue weighted by atomic mass is 10.1. The summed E-state index contributed by atoms with van der Waals surface area (Å²) >= 11 is 0. The highest BCUT2D eigenvalue weighted by Gasteiger charge is 2.17. The summed E-state index contributed by atoms with van der Waals surface area (Å²) in [6.07, 6.45) is 0. The highest BCUT2D eigenvalue weighted by atomic mass is 16.6. The molecular weight excluding hydrogens is 394 g/mol. The molecule has 6 heteroatoms. The zero-order valence-electron chi connectivity index (χ0n) is 18.1. The minimum atomic E-state index is -0.589. The fourth-order valence-electron chi connectivity index (χ4n) is 3.39. The maximum absolute atomic E-state index is 12.5. The summed E-state index contributed by atoms with van der Waals surface area (Å²) in [5.74, 6) is -0.268. The van der Waals surface area contributed by atoms with Gasteiger partial charge in [0.25, 0.3) is 0 Å². The van der Waals surface area contributed by atoms with Crippen LogP contribution in [0.25, 0.3) is 11.1 Å². The van der Waals surface area contributed by atoms with Crippen LogP contribution >= 0.6 is 0 Å². The molecule has 3 rings (SSSR count). The molecule has 2 aromatic carbocycles. The van der Waals surface area contributed by atoms with Crippen LogP contribution < -0.4 is 4.74 Å². The molecule has 0 fully saturated rings. The minimum absolute atomic E-state index is 0.239. The van der Waals surface area contributed by atoms with E-state index in [9.17, 15) is 9.59 Å². The smallest absolute Gasteiger partial charge is 0.344 e. The van der Waals surface area contributed by atoms with Gasteiger partial charge >= 0.3 is 5.97 Å². The third-order valence-electron chi connectivity index (χ3n) is 5.08. The SMILES string of the molecule is COCCn1c(C)cc(C(=O)COC(=O)COc2ccc(-c3ccccc3)cc2)c1C. The van der Waals surface area contributed by atoms with E-state index in [1.54, 1.807) is 19.2 Å². The van der Waals surface area contributed by atoms with Crippen molar-refractivity contribution in [3.05, 3.63) is 77.6 Å². The van der Waals surface area contributed by atoms with Gasteiger partial charge in [0.05, 0.1) is 6.61 Å². The molecule has 0 N–H and O–H groups in total. The van der Waals surface area contributed by atoms with E-state index in [1.807, 2.05) is 66.9 Å². The standard InChI is InChI=1S/C25H27NO5/c1-18-15-23(19(2)26(18)13-14-29-3)24(27)16-31-25(28)17-30-22-11-9-21(10-12-22)20-7-5-4-6-8-20/h4-12,15H,13-14,16-17H2,1-3H3. The topological polar surface area (TPSA) is 66.8 Å². The van der Waals surface area contributed by atoms with Gasteiger partial charge in [-0.2, -0.15) is 0 Å². The molecule has 3 aromatic rings. The number of aromatic nitrogens is 1. The second-order valence-electron chi connectivity index (χ2n) is 7.19. The van der Waals surface area contributed by atoms with Crippen LogP contribution in [-0.2, 0) is 20.8 Å². The van der Waals surface area contributed by atoms with E-state index >= 15 is 0 Å². The first-order valence-electron chi connectivity index (χ1n) is 10.1. The summed E-state index contributed by atoms with van der Waals surface area (Å²) in [7, 11) is 1.64. The maximum atomic E-state index is 12.5. The number of ketones is 1. The lowest BCUT2D eigenvalue weighted by Crippen LogP contribution is -2.20. The number of carbonyl (C=O) groups is 2. The number of rotatable bonds is 10. The molecule has 0 aliphatic heterocycles. The third kappa shape index (κ3) is 5.83. The summed E-state index contributed by atoms with van der Waals surface area (Å²) in [4.78, 5) is 24.5. The normalized spacial score (nSPS) is 10.7. The first-order chi connectivity index (χ1) is 15.0. The summed E-state index contributed by atoms with van der Waals surface area (Å²) in [6.45, 7) is 4.46. The van der Waals surface area contributed by atoms with Crippen molar-refractivity contribution >= 4 is 11.8 Å². The molecule has 0 aliphatic carbocycles. The van der Waals surface area contributed by atoms with Gasteiger partial charge < -0.3 is 18.8 Å². The summed E-state index contributed by atoms with van der Waals surface area (Å²) in [5, 5.41) is 0. The van der Waals surface area contributed by atoms with E-state index in [-0.39, 0.29) is 19.0 Å². The Kier molecular flexibility index (Phi) is 7.62. The van der Waals surface area contributed by atoms with Gasteiger partial charge in [-0.3, -0.25) is 4.79 Å². The molecular formula is C25H27NO5. The number of nitrogens with zero attached hydrogens (tertiary/aromatic N) is 1. The van der Waals surface area contributed by atoms with E-state index in [4.69, 9.17) is 14.2 Å². The van der Waals surface area contributed by atoms with Gasteiger partial charge in [0.2, 0.25) is 5.78 Å². The predicted molar refractivity (Wildman–Crippen MR) is 118 cm³/mol. The Labute approximate surface area is 182 Å². The van der Waals surface area contributed by atoms with Gasteiger partial charge in [-0.25, -0.2) is 4.79 Å². The summed E-state index contributed by atoms with van der Waals surface area (Å²) in [6, 6.07) is 19.3. The van der Waals surface area contributed by atoms with Gasteiger partial charge in [0.1, 0.15) is 5.75 Å². The van der Waals surface area contributed by atoms with Crippen LogP contribution in [0, 0.1) is 13.8 Å². The molecule has 1 aromatic heterocycles. The Balaban J connectivity index is 1.49. The molecule has 0 amide bonds. The van der Waals surface area contributed by atoms with Gasteiger partial charge in [0.15, 0.2) is 13.2 Å². The van der Waals surface area contributed by atoms with Gasteiger partial charge in [-0.05, 0) is 43.2 Å². The number of carbonyl (C=O) groups excluding carboxylic acids is 2. The molecule has 0 aliphatic rings. The number of hydrogen-bond acceptors (Lipinski definition) is 5. The lowest BCUT2D eigenvalue weighted by molar-refractivity contribution is -0.144. The average Bonchev–Trinajstić information content (AvgIpc) is 3.08. The van der Waals surface area contributed by atoms with Crippen LogP contribution in [-0.4, -0.2) is 43.3 Å². The first-order valence-corrected chi connectivity index (χ1v) is 10.1. The number of ether oxygens (including phenoxy) is 3. The van der Waals surface area contributed by atoms with Crippen molar-refractivity contribution in [3.8, 4) is 16.9 Å². The van der Waals surface area contributed by atoms with Crippen LogP contribution in [0.3, 0.4) is 0 Å². The number of aryl methyl sites for hydroxylation is 1. The Morgan fingerprint density at radius 2 is 1.58 bits per heavy atom. The Hall–Kier alpha value is -3.38. The van der Waals surface area contributed by atoms with Crippen molar-refractivity contribution in [1.29, 1.82) is 0 Å². The molecule has 6 nitrogen and oxygen atoms in total. The Morgan fingerprint density at radius 3 is 2.26 bits per heavy atom. The molecule has 0 bridgehead atoms. The minimum Gasteiger partial charge on any atom is -0.482 e. The Bertz CT molecular complexity index is 1020. The molecule has 0 radical (unpaired) electrons. The second kappa shape index (κ2) is 10.6. The highest BCUT2D eigenvalue weighted by molar-refractivity contribution is 5.99. The van der Waals surface area contributed by atoms with Crippen LogP contribution in [0.1, 0.15) is 21.7 Å². The summed E-state index contributed by atoms with van der Waals surface area (Å²) in [5.41, 5.74) is 4.52. The first kappa shape index (κ1) is 22.3. The van der Waals surface area contributed by atoms with Crippen LogP contribution in [0.4, 0.5) is 0 Å². The highest BCUT2D eigenvalue weighted by Crippen LogP contribution is 2.22. The monoisotopic (exact) mass is 421 g/mol.